The molecule has 0 aliphatic rings. The van der Waals surface area contributed by atoms with Crippen molar-refractivity contribution in [2.45, 2.75) is 12.2 Å². The molecule has 82 valence electrons. The minimum Gasteiger partial charge on any atom is -0.385 e. The number of carbonyl (C=O) groups is 1. The molecule has 1 aromatic rings. The third kappa shape index (κ3) is 2.28. The molecule has 2 unspecified atom stereocenters. The first-order valence-corrected chi connectivity index (χ1v) is 4.04. The van der Waals surface area contributed by atoms with Gasteiger partial charge in [-0.25, -0.2) is 8.78 Å². The van der Waals surface area contributed by atoms with Crippen molar-refractivity contribution in [3.63, 3.8) is 0 Å². The summed E-state index contributed by atoms with van der Waals surface area (Å²) < 4.78 is 26.1. The van der Waals surface area contributed by atoms with Gasteiger partial charge in [0, 0.05) is 0 Å². The fraction of sp³-hybridized carbons (Fsp3) is 0.222. The topological polar surface area (TPSA) is 83.6 Å². The van der Waals surface area contributed by atoms with Crippen LogP contribution in [0.4, 0.5) is 8.78 Å². The number of carbonyl (C=O) groups excluding carboxylic acids is 1. The molecular weight excluding hydrogens is 208 g/mol. The van der Waals surface area contributed by atoms with Crippen LogP contribution >= 0.6 is 0 Å². The number of aliphatic hydroxyl groups excluding tert-OH is 2. The van der Waals surface area contributed by atoms with Crippen LogP contribution in [-0.4, -0.2) is 22.2 Å². The molecule has 0 heterocycles. The maximum absolute atomic E-state index is 13.1. The normalized spacial score (nSPS) is 14.7. The molecule has 4 nitrogen and oxygen atoms in total. The quantitative estimate of drug-likeness (QED) is 0.658. The summed E-state index contributed by atoms with van der Waals surface area (Å²) in [5, 5.41) is 18.3. The standard InChI is InChI=1S/C9H9F2NO3/c10-4-2-1-3-5(11)6(4)7(13)8(14)9(12)15/h1-3,7-8,13-14H,(H2,12,15). The molecule has 0 aliphatic carbocycles. The molecule has 4 N–H and O–H groups in total. The van der Waals surface area contributed by atoms with E-state index in [-0.39, 0.29) is 0 Å². The molecule has 0 saturated heterocycles. The van der Waals surface area contributed by atoms with E-state index < -0.39 is 35.3 Å². The molecule has 6 heteroatoms. The first-order chi connectivity index (χ1) is 6.95. The van der Waals surface area contributed by atoms with E-state index >= 15 is 0 Å². The highest BCUT2D eigenvalue weighted by Crippen LogP contribution is 2.23. The van der Waals surface area contributed by atoms with Gasteiger partial charge in [0.15, 0.2) is 6.10 Å². The van der Waals surface area contributed by atoms with Crippen LogP contribution in [0.15, 0.2) is 18.2 Å². The first-order valence-electron chi connectivity index (χ1n) is 4.04. The van der Waals surface area contributed by atoms with Crippen LogP contribution in [-0.2, 0) is 4.79 Å². The lowest BCUT2D eigenvalue weighted by Gasteiger charge is -2.16. The van der Waals surface area contributed by atoms with Crippen LogP contribution in [0.1, 0.15) is 11.7 Å². The average Bonchev–Trinajstić information content (AvgIpc) is 2.15. The SMILES string of the molecule is NC(=O)C(O)C(O)c1c(F)cccc1F. The van der Waals surface area contributed by atoms with Crippen LogP contribution < -0.4 is 5.73 Å². The van der Waals surface area contributed by atoms with E-state index in [1.165, 1.54) is 0 Å². The average molecular weight is 217 g/mol. The maximum Gasteiger partial charge on any atom is 0.249 e. The van der Waals surface area contributed by atoms with Crippen LogP contribution in [0.2, 0.25) is 0 Å². The number of primary amides is 1. The lowest BCUT2D eigenvalue weighted by atomic mass is 10.0. The summed E-state index contributed by atoms with van der Waals surface area (Å²) in [5.74, 6) is -3.37. The van der Waals surface area contributed by atoms with Crippen molar-refractivity contribution in [2.24, 2.45) is 5.73 Å². The zero-order valence-electron chi connectivity index (χ0n) is 7.52. The summed E-state index contributed by atoms with van der Waals surface area (Å²) in [5.41, 5.74) is 3.91. The Kier molecular flexibility index (Phi) is 3.33. The first kappa shape index (κ1) is 11.5. The van der Waals surface area contributed by atoms with Gasteiger partial charge in [-0.3, -0.25) is 4.79 Å². The highest BCUT2D eigenvalue weighted by atomic mass is 19.1. The number of hydrogen-bond acceptors (Lipinski definition) is 3. The summed E-state index contributed by atoms with van der Waals surface area (Å²) in [6.45, 7) is 0. The molecule has 1 amide bonds. The Bertz CT molecular complexity index is 363. The van der Waals surface area contributed by atoms with E-state index in [1.807, 2.05) is 0 Å². The fourth-order valence-corrected chi connectivity index (χ4v) is 1.11. The number of aliphatic hydroxyl groups is 2. The van der Waals surface area contributed by atoms with Crippen LogP contribution in [0, 0.1) is 11.6 Å². The number of nitrogens with two attached hydrogens (primary N) is 1. The molecule has 1 aromatic carbocycles. The van der Waals surface area contributed by atoms with Crippen molar-refractivity contribution >= 4 is 5.91 Å². The second-order valence-corrected chi connectivity index (χ2v) is 2.93. The lowest BCUT2D eigenvalue weighted by Crippen LogP contribution is -2.34. The fourth-order valence-electron chi connectivity index (χ4n) is 1.11. The van der Waals surface area contributed by atoms with Crippen molar-refractivity contribution in [2.75, 3.05) is 0 Å². The van der Waals surface area contributed by atoms with Gasteiger partial charge in [-0.05, 0) is 12.1 Å². The van der Waals surface area contributed by atoms with Gasteiger partial charge < -0.3 is 15.9 Å². The van der Waals surface area contributed by atoms with Gasteiger partial charge in [0.1, 0.15) is 17.7 Å². The van der Waals surface area contributed by atoms with Gasteiger partial charge >= 0.3 is 0 Å². The van der Waals surface area contributed by atoms with Crippen molar-refractivity contribution in [3.05, 3.63) is 35.4 Å². The van der Waals surface area contributed by atoms with E-state index in [4.69, 9.17) is 5.11 Å². The van der Waals surface area contributed by atoms with Gasteiger partial charge in [-0.2, -0.15) is 0 Å². The third-order valence-corrected chi connectivity index (χ3v) is 1.89. The van der Waals surface area contributed by atoms with Gasteiger partial charge in [-0.1, -0.05) is 6.07 Å². The summed E-state index contributed by atoms with van der Waals surface area (Å²) in [4.78, 5) is 10.5. The molecule has 15 heavy (non-hydrogen) atoms. The van der Waals surface area contributed by atoms with E-state index in [0.29, 0.717) is 0 Å². The molecule has 2 atom stereocenters. The third-order valence-electron chi connectivity index (χ3n) is 1.89. The van der Waals surface area contributed by atoms with Crippen molar-refractivity contribution < 1.29 is 23.8 Å². The lowest BCUT2D eigenvalue weighted by molar-refractivity contribution is -0.132. The molecule has 0 aliphatic heterocycles. The van der Waals surface area contributed by atoms with Gasteiger partial charge in [0.25, 0.3) is 0 Å². The molecule has 0 fully saturated rings. The molecule has 0 radical (unpaired) electrons. The summed E-state index contributed by atoms with van der Waals surface area (Å²) in [7, 11) is 0. The number of hydrogen-bond donors (Lipinski definition) is 3. The molecule has 0 bridgehead atoms. The minimum atomic E-state index is -2.05. The van der Waals surface area contributed by atoms with Crippen LogP contribution in [0.5, 0.6) is 0 Å². The molecule has 0 aromatic heterocycles. The van der Waals surface area contributed by atoms with Crippen molar-refractivity contribution in [1.82, 2.24) is 0 Å². The Balaban J connectivity index is 3.10. The highest BCUT2D eigenvalue weighted by molar-refractivity contribution is 5.79. The Labute approximate surface area is 83.9 Å². The number of halogens is 2. The van der Waals surface area contributed by atoms with Crippen LogP contribution in [0.25, 0.3) is 0 Å². The van der Waals surface area contributed by atoms with Gasteiger partial charge in [0.05, 0.1) is 5.56 Å². The largest absolute Gasteiger partial charge is 0.385 e. The Morgan fingerprint density at radius 1 is 1.27 bits per heavy atom. The predicted octanol–water partition coefficient (Wildman–Crippen LogP) is -0.156. The van der Waals surface area contributed by atoms with Gasteiger partial charge in [0.2, 0.25) is 5.91 Å². The zero-order valence-corrected chi connectivity index (χ0v) is 7.52. The second-order valence-electron chi connectivity index (χ2n) is 2.93. The molecule has 0 spiro atoms. The zero-order chi connectivity index (χ0) is 11.6. The monoisotopic (exact) mass is 217 g/mol. The highest BCUT2D eigenvalue weighted by Gasteiger charge is 2.28. The second kappa shape index (κ2) is 4.33. The number of rotatable bonds is 3. The Morgan fingerprint density at radius 3 is 2.13 bits per heavy atom. The van der Waals surface area contributed by atoms with E-state index in [0.717, 1.165) is 18.2 Å². The maximum atomic E-state index is 13.1. The van der Waals surface area contributed by atoms with Gasteiger partial charge in [-0.15, -0.1) is 0 Å². The molecule has 0 saturated carbocycles. The summed E-state index contributed by atoms with van der Waals surface area (Å²) in [6.07, 6.45) is -4.06. The molecule has 1 rings (SSSR count). The minimum absolute atomic E-state index is 0.774. The number of benzene rings is 1. The van der Waals surface area contributed by atoms with Crippen LogP contribution in [0.3, 0.4) is 0 Å². The predicted molar refractivity (Wildman–Crippen MR) is 46.5 cm³/mol. The summed E-state index contributed by atoms with van der Waals surface area (Å²) >= 11 is 0. The number of amides is 1. The molecular formula is C9H9F2NO3. The van der Waals surface area contributed by atoms with Crippen molar-refractivity contribution in [1.29, 1.82) is 0 Å². The van der Waals surface area contributed by atoms with E-state index in [1.54, 1.807) is 0 Å². The summed E-state index contributed by atoms with van der Waals surface area (Å²) in [6, 6.07) is 2.89. The Hall–Kier alpha value is -1.53. The Morgan fingerprint density at radius 2 is 1.73 bits per heavy atom. The van der Waals surface area contributed by atoms with Crippen molar-refractivity contribution in [3.8, 4) is 0 Å². The van der Waals surface area contributed by atoms with E-state index in [2.05, 4.69) is 5.73 Å². The smallest absolute Gasteiger partial charge is 0.249 e. The van der Waals surface area contributed by atoms with E-state index in [9.17, 15) is 18.7 Å².